The number of rotatable bonds is 9. The van der Waals surface area contributed by atoms with E-state index < -0.39 is 85.7 Å². The summed E-state index contributed by atoms with van der Waals surface area (Å²) in [5.41, 5.74) is 0. The summed E-state index contributed by atoms with van der Waals surface area (Å²) in [5.74, 6) is -8.55. The molecule has 0 aromatic carbocycles. The predicted molar refractivity (Wildman–Crippen MR) is 94.8 cm³/mol. The summed E-state index contributed by atoms with van der Waals surface area (Å²) in [6, 6.07) is -1.53. The summed E-state index contributed by atoms with van der Waals surface area (Å²) >= 11 is 0. The summed E-state index contributed by atoms with van der Waals surface area (Å²) in [7, 11) is 0. The first-order valence-electron chi connectivity index (χ1n) is 9.00. The number of carboxylic acid groups (broad SMARTS) is 1. The van der Waals surface area contributed by atoms with Gasteiger partial charge in [0, 0.05) is 27.2 Å². The molecule has 0 saturated carbocycles. The van der Waals surface area contributed by atoms with Gasteiger partial charge in [-0.05, 0) is 0 Å². The Morgan fingerprint density at radius 3 is 2.13 bits per heavy atom. The van der Waals surface area contributed by atoms with Crippen molar-refractivity contribution in [2.45, 2.75) is 63.4 Å². The number of ether oxygens (including phenoxy) is 4. The van der Waals surface area contributed by atoms with Gasteiger partial charge in [-0.3, -0.25) is 19.2 Å². The van der Waals surface area contributed by atoms with Gasteiger partial charge in [0.1, 0.15) is 19.3 Å². The lowest BCUT2D eigenvalue weighted by atomic mass is 9.88. The van der Waals surface area contributed by atoms with Gasteiger partial charge in [0.2, 0.25) is 5.91 Å². The van der Waals surface area contributed by atoms with Crippen molar-refractivity contribution in [2.24, 2.45) is 0 Å². The molecule has 1 fully saturated rings. The van der Waals surface area contributed by atoms with E-state index in [1.807, 2.05) is 0 Å². The van der Waals surface area contributed by atoms with E-state index in [0.29, 0.717) is 0 Å². The Labute approximate surface area is 176 Å². The molecule has 1 heterocycles. The van der Waals surface area contributed by atoms with Gasteiger partial charge < -0.3 is 44.7 Å². The summed E-state index contributed by atoms with van der Waals surface area (Å²) < 4.78 is 20.1. The second-order valence-corrected chi connectivity index (χ2v) is 6.72. The van der Waals surface area contributed by atoms with Gasteiger partial charge in [0.05, 0.1) is 12.1 Å². The van der Waals surface area contributed by atoms with Crippen molar-refractivity contribution in [3.63, 3.8) is 0 Å². The number of carboxylic acids is 1. The number of aliphatic hydroxyl groups is 3. The summed E-state index contributed by atoms with van der Waals surface area (Å²) in [6.07, 6.45) is -7.81. The molecule has 1 amide bonds. The monoisotopic (exact) mass is 451 g/mol. The van der Waals surface area contributed by atoms with Crippen molar-refractivity contribution in [1.29, 1.82) is 0 Å². The maximum Gasteiger partial charge on any atom is 0.364 e. The van der Waals surface area contributed by atoms with Crippen LogP contribution in [0.3, 0.4) is 0 Å². The van der Waals surface area contributed by atoms with Crippen LogP contribution in [-0.2, 0) is 42.9 Å². The van der Waals surface area contributed by atoms with Crippen molar-refractivity contribution in [3.8, 4) is 0 Å². The zero-order valence-corrected chi connectivity index (χ0v) is 17.0. The topological polar surface area (TPSA) is 215 Å². The molecule has 5 N–H and O–H groups in total. The third-order valence-electron chi connectivity index (χ3n) is 4.15. The molecule has 1 aliphatic heterocycles. The van der Waals surface area contributed by atoms with E-state index >= 15 is 0 Å². The molecule has 14 heteroatoms. The van der Waals surface area contributed by atoms with Gasteiger partial charge in [-0.15, -0.1) is 0 Å². The number of amides is 1. The Morgan fingerprint density at radius 1 is 1.10 bits per heavy atom. The molecule has 176 valence electrons. The first-order valence-corrected chi connectivity index (χ1v) is 9.00. The first kappa shape index (κ1) is 26.2. The number of hydrogen-bond acceptors (Lipinski definition) is 12. The molecular formula is C17H25NO13. The predicted octanol–water partition coefficient (Wildman–Crippen LogP) is -3.19. The molecule has 1 aliphatic rings. The molecule has 6 unspecified atom stereocenters. The van der Waals surface area contributed by atoms with Crippen molar-refractivity contribution >= 4 is 29.8 Å². The Bertz CT molecular complexity index is 710. The minimum atomic E-state index is -2.97. The van der Waals surface area contributed by atoms with E-state index in [4.69, 9.17) is 24.1 Å². The smallest absolute Gasteiger partial charge is 0.364 e. The molecule has 0 aromatic heterocycles. The summed E-state index contributed by atoms with van der Waals surface area (Å²) in [5, 5.41) is 41.1. The third kappa shape index (κ3) is 7.43. The fourth-order valence-electron chi connectivity index (χ4n) is 2.95. The Balaban J connectivity index is 3.46. The average Bonchev–Trinajstić information content (AvgIpc) is 2.64. The van der Waals surface area contributed by atoms with Crippen LogP contribution in [0.4, 0.5) is 0 Å². The number of aliphatic carboxylic acids is 1. The van der Waals surface area contributed by atoms with Gasteiger partial charge in [-0.2, -0.15) is 0 Å². The average molecular weight is 451 g/mol. The third-order valence-corrected chi connectivity index (χ3v) is 4.15. The van der Waals surface area contributed by atoms with Gasteiger partial charge in [-0.25, -0.2) is 4.79 Å². The largest absolute Gasteiger partial charge is 0.477 e. The number of hydrogen-bond donors (Lipinski definition) is 5. The van der Waals surface area contributed by atoms with E-state index in [0.717, 1.165) is 20.8 Å². The minimum Gasteiger partial charge on any atom is -0.477 e. The Morgan fingerprint density at radius 2 is 1.68 bits per heavy atom. The number of carbonyl (C=O) groups is 5. The van der Waals surface area contributed by atoms with E-state index in [1.165, 1.54) is 0 Å². The molecule has 0 aromatic rings. The molecule has 0 bridgehead atoms. The molecule has 0 spiro atoms. The van der Waals surface area contributed by atoms with Gasteiger partial charge in [0.15, 0.2) is 12.2 Å². The maximum absolute atomic E-state index is 11.7. The highest BCUT2D eigenvalue weighted by molar-refractivity contribution is 5.78. The Hall–Kier alpha value is -2.81. The van der Waals surface area contributed by atoms with E-state index in [2.05, 4.69) is 5.32 Å². The van der Waals surface area contributed by atoms with Crippen LogP contribution in [0.25, 0.3) is 0 Å². The van der Waals surface area contributed by atoms with Crippen LogP contribution < -0.4 is 5.32 Å². The van der Waals surface area contributed by atoms with E-state index in [1.54, 1.807) is 0 Å². The normalized spacial score (nSPS) is 27.4. The quantitative estimate of drug-likeness (QED) is 0.173. The zero-order chi connectivity index (χ0) is 23.9. The molecule has 0 radical (unpaired) electrons. The lowest BCUT2D eigenvalue weighted by molar-refractivity contribution is -0.297. The van der Waals surface area contributed by atoms with Crippen LogP contribution in [-0.4, -0.2) is 99.7 Å². The van der Waals surface area contributed by atoms with Gasteiger partial charge in [0.25, 0.3) is 5.79 Å². The molecule has 0 aliphatic carbocycles. The molecular weight excluding hydrogens is 426 g/mol. The molecule has 14 nitrogen and oxygen atoms in total. The van der Waals surface area contributed by atoms with Crippen LogP contribution in [0.1, 0.15) is 27.2 Å². The van der Waals surface area contributed by atoms with Crippen LogP contribution in [0, 0.1) is 0 Å². The summed E-state index contributed by atoms with van der Waals surface area (Å²) in [6.45, 7) is 1.29. The standard InChI is InChI=1S/C17H25NO13/c1-7(20)28-6-11(29-8(2)21)14(30-9(3)22)15-13(18-12(24)5-19)10(23)4-17(27,31-15)16(25)26/h10-11,13-15,19,23,27H,4-6H2,1-3H3,(H,18,24)(H,25,26). The SMILES string of the molecule is CC(=O)OCC(OC(C)=O)C(OC(C)=O)C1OC(O)(C(=O)O)CC(O)C1NC(=O)CO. The van der Waals surface area contributed by atoms with Crippen LogP contribution in [0.2, 0.25) is 0 Å². The first-order chi connectivity index (χ1) is 14.3. The second-order valence-electron chi connectivity index (χ2n) is 6.72. The fourth-order valence-corrected chi connectivity index (χ4v) is 2.95. The lowest BCUT2D eigenvalue weighted by Gasteiger charge is -2.45. The van der Waals surface area contributed by atoms with Crippen molar-refractivity contribution in [2.75, 3.05) is 13.2 Å². The number of nitrogens with one attached hydrogen (secondary N) is 1. The van der Waals surface area contributed by atoms with Crippen molar-refractivity contribution in [3.05, 3.63) is 0 Å². The highest BCUT2D eigenvalue weighted by atomic mass is 16.7. The van der Waals surface area contributed by atoms with Crippen LogP contribution in [0.5, 0.6) is 0 Å². The number of aliphatic hydroxyl groups excluding tert-OH is 2. The van der Waals surface area contributed by atoms with Gasteiger partial charge in [-0.1, -0.05) is 0 Å². The lowest BCUT2D eigenvalue weighted by Crippen LogP contribution is -2.68. The molecule has 1 rings (SSSR count). The van der Waals surface area contributed by atoms with Crippen LogP contribution >= 0.6 is 0 Å². The summed E-state index contributed by atoms with van der Waals surface area (Å²) in [4.78, 5) is 57.6. The second kappa shape index (κ2) is 11.0. The fraction of sp³-hybridized carbons (Fsp3) is 0.706. The minimum absolute atomic E-state index is 0.672. The highest BCUT2D eigenvalue weighted by Gasteiger charge is 2.56. The van der Waals surface area contributed by atoms with E-state index in [9.17, 15) is 39.3 Å². The van der Waals surface area contributed by atoms with E-state index in [-0.39, 0.29) is 0 Å². The van der Waals surface area contributed by atoms with Crippen molar-refractivity contribution < 1.29 is 63.3 Å². The number of carbonyl (C=O) groups excluding carboxylic acids is 4. The van der Waals surface area contributed by atoms with Gasteiger partial charge >= 0.3 is 23.9 Å². The van der Waals surface area contributed by atoms with Crippen LogP contribution in [0.15, 0.2) is 0 Å². The molecule has 1 saturated heterocycles. The maximum atomic E-state index is 11.7. The highest BCUT2D eigenvalue weighted by Crippen LogP contribution is 2.32. The number of esters is 3. The zero-order valence-electron chi connectivity index (χ0n) is 17.0. The molecule has 6 atom stereocenters. The molecule has 31 heavy (non-hydrogen) atoms. The van der Waals surface area contributed by atoms with Crippen molar-refractivity contribution in [1.82, 2.24) is 5.32 Å². The Kier molecular flexibility index (Phi) is 9.30.